The highest BCUT2D eigenvalue weighted by molar-refractivity contribution is 5.54. The molecule has 0 heterocycles. The van der Waals surface area contributed by atoms with Gasteiger partial charge < -0.3 is 27.6 Å². The minimum Gasteiger partial charge on any atom is -0.399 e. The van der Waals surface area contributed by atoms with Crippen LogP contribution in [-0.2, 0) is 0 Å². The topological polar surface area (TPSA) is 110 Å². The van der Waals surface area contributed by atoms with E-state index in [0.717, 1.165) is 11.4 Å². The Morgan fingerprint density at radius 2 is 1.37 bits per heavy atom. The third-order valence-corrected chi connectivity index (χ3v) is 2.24. The van der Waals surface area contributed by atoms with Gasteiger partial charge in [0.25, 0.3) is 0 Å². The summed E-state index contributed by atoms with van der Waals surface area (Å²) in [5, 5.41) is 11.5. The van der Waals surface area contributed by atoms with Crippen LogP contribution in [0.2, 0.25) is 0 Å². The standard InChI is InChI=1S/C8H12N2O.C6H8N2/c9-7-2-1-3-8(6-7)10-4-5-11;7-5-2-1-3-6(8)4-5/h1-3,6,10-11H,4-5,9H2;1-4H,7-8H2. The summed E-state index contributed by atoms with van der Waals surface area (Å²) in [6.07, 6.45) is 0. The quantitative estimate of drug-likeness (QED) is 0.537. The summed E-state index contributed by atoms with van der Waals surface area (Å²) in [4.78, 5) is 0. The largest absolute Gasteiger partial charge is 0.399 e. The number of aliphatic hydroxyl groups excluding tert-OH is 1. The van der Waals surface area contributed by atoms with E-state index in [1.165, 1.54) is 0 Å². The fourth-order valence-electron chi connectivity index (χ4n) is 1.41. The summed E-state index contributed by atoms with van der Waals surface area (Å²) in [7, 11) is 0. The molecule has 0 aromatic heterocycles. The van der Waals surface area contributed by atoms with Crippen LogP contribution in [0.25, 0.3) is 0 Å². The number of hydrogen-bond acceptors (Lipinski definition) is 5. The summed E-state index contributed by atoms with van der Waals surface area (Å²) >= 11 is 0. The first-order valence-electron chi connectivity index (χ1n) is 5.93. The van der Waals surface area contributed by atoms with Gasteiger partial charge in [-0.05, 0) is 36.4 Å². The van der Waals surface area contributed by atoms with Gasteiger partial charge in [0.2, 0.25) is 0 Å². The van der Waals surface area contributed by atoms with Crippen LogP contribution in [0.5, 0.6) is 0 Å². The molecular formula is C14H20N4O. The summed E-state index contributed by atoms with van der Waals surface area (Å²) in [6.45, 7) is 0.693. The molecule has 8 N–H and O–H groups in total. The van der Waals surface area contributed by atoms with Gasteiger partial charge in [-0.25, -0.2) is 0 Å². The first-order chi connectivity index (χ1) is 9.11. The second-order valence-corrected chi connectivity index (χ2v) is 3.95. The van der Waals surface area contributed by atoms with Crippen molar-refractivity contribution in [2.75, 3.05) is 35.7 Å². The molecule has 0 aliphatic carbocycles. The molecule has 0 aliphatic heterocycles. The summed E-state index contributed by atoms with van der Waals surface area (Å²) in [5.41, 5.74) is 19.4. The molecule has 19 heavy (non-hydrogen) atoms. The van der Waals surface area contributed by atoms with E-state index in [9.17, 15) is 0 Å². The minimum atomic E-state index is 0.134. The van der Waals surface area contributed by atoms with Crippen LogP contribution >= 0.6 is 0 Å². The van der Waals surface area contributed by atoms with Crippen molar-refractivity contribution >= 4 is 22.7 Å². The lowest BCUT2D eigenvalue weighted by molar-refractivity contribution is 0.311. The van der Waals surface area contributed by atoms with E-state index in [-0.39, 0.29) is 6.61 Å². The van der Waals surface area contributed by atoms with E-state index in [1.54, 1.807) is 18.2 Å². The lowest BCUT2D eigenvalue weighted by Gasteiger charge is -2.03. The molecule has 0 radical (unpaired) electrons. The van der Waals surface area contributed by atoms with Crippen molar-refractivity contribution in [2.24, 2.45) is 0 Å². The maximum absolute atomic E-state index is 8.50. The molecule has 5 nitrogen and oxygen atoms in total. The molecule has 2 aromatic carbocycles. The van der Waals surface area contributed by atoms with Gasteiger partial charge in [-0.1, -0.05) is 12.1 Å². The zero-order chi connectivity index (χ0) is 14.1. The van der Waals surface area contributed by atoms with E-state index >= 15 is 0 Å². The van der Waals surface area contributed by atoms with Crippen LogP contribution in [0.1, 0.15) is 0 Å². The number of aliphatic hydroxyl groups is 1. The van der Waals surface area contributed by atoms with Crippen molar-refractivity contribution in [3.05, 3.63) is 48.5 Å². The zero-order valence-corrected chi connectivity index (χ0v) is 10.7. The van der Waals surface area contributed by atoms with Crippen LogP contribution in [0, 0.1) is 0 Å². The Bertz CT molecular complexity index is 485. The summed E-state index contributed by atoms with van der Waals surface area (Å²) in [6, 6.07) is 14.6. The normalized spacial score (nSPS) is 9.32. The molecule has 0 aliphatic rings. The molecule has 0 amide bonds. The fraction of sp³-hybridized carbons (Fsp3) is 0.143. The van der Waals surface area contributed by atoms with Crippen LogP contribution in [0.4, 0.5) is 22.7 Å². The average Bonchev–Trinajstić information content (AvgIpc) is 2.37. The number of nitrogen functional groups attached to an aromatic ring is 3. The van der Waals surface area contributed by atoms with Crippen LogP contribution in [0.15, 0.2) is 48.5 Å². The Morgan fingerprint density at radius 3 is 1.79 bits per heavy atom. The highest BCUT2D eigenvalue weighted by Gasteiger charge is 1.89. The van der Waals surface area contributed by atoms with Gasteiger partial charge >= 0.3 is 0 Å². The first kappa shape index (κ1) is 14.7. The molecule has 5 heteroatoms. The van der Waals surface area contributed by atoms with E-state index in [1.807, 2.05) is 30.3 Å². The number of hydrogen-bond donors (Lipinski definition) is 5. The maximum Gasteiger partial charge on any atom is 0.0604 e. The smallest absolute Gasteiger partial charge is 0.0604 e. The third kappa shape index (κ3) is 6.18. The Labute approximate surface area is 113 Å². The van der Waals surface area contributed by atoms with Crippen molar-refractivity contribution in [1.82, 2.24) is 0 Å². The third-order valence-electron chi connectivity index (χ3n) is 2.24. The molecule has 0 spiro atoms. The van der Waals surface area contributed by atoms with Crippen molar-refractivity contribution in [2.45, 2.75) is 0 Å². The highest BCUT2D eigenvalue weighted by Crippen LogP contribution is 2.10. The van der Waals surface area contributed by atoms with Gasteiger partial charge in [0.1, 0.15) is 0 Å². The summed E-state index contributed by atoms with van der Waals surface area (Å²) < 4.78 is 0. The lowest BCUT2D eigenvalue weighted by Crippen LogP contribution is -2.05. The van der Waals surface area contributed by atoms with Gasteiger partial charge in [0.05, 0.1) is 6.61 Å². The molecule has 102 valence electrons. The van der Waals surface area contributed by atoms with Crippen molar-refractivity contribution in [3.63, 3.8) is 0 Å². The lowest BCUT2D eigenvalue weighted by atomic mass is 10.3. The van der Waals surface area contributed by atoms with Crippen molar-refractivity contribution in [3.8, 4) is 0 Å². The van der Waals surface area contributed by atoms with Gasteiger partial charge in [-0.15, -0.1) is 0 Å². The second kappa shape index (κ2) is 7.84. The highest BCUT2D eigenvalue weighted by atomic mass is 16.3. The molecule has 2 aromatic rings. The Kier molecular flexibility index (Phi) is 6.05. The van der Waals surface area contributed by atoms with E-state index in [2.05, 4.69) is 5.32 Å². The minimum absolute atomic E-state index is 0.134. The Hall–Kier alpha value is -2.40. The number of nitrogens with two attached hydrogens (primary N) is 3. The van der Waals surface area contributed by atoms with E-state index in [0.29, 0.717) is 17.9 Å². The SMILES string of the molecule is Nc1cccc(N)c1.Nc1cccc(NCCO)c1. The average molecular weight is 260 g/mol. The second-order valence-electron chi connectivity index (χ2n) is 3.95. The predicted molar refractivity (Wildman–Crippen MR) is 81.7 cm³/mol. The first-order valence-corrected chi connectivity index (χ1v) is 5.93. The van der Waals surface area contributed by atoms with Crippen molar-refractivity contribution < 1.29 is 5.11 Å². The van der Waals surface area contributed by atoms with E-state index < -0.39 is 0 Å². The molecule has 2 rings (SSSR count). The monoisotopic (exact) mass is 260 g/mol. The van der Waals surface area contributed by atoms with E-state index in [4.69, 9.17) is 22.3 Å². The van der Waals surface area contributed by atoms with Crippen LogP contribution in [-0.4, -0.2) is 18.3 Å². The molecule has 0 bridgehead atoms. The molecule has 0 atom stereocenters. The van der Waals surface area contributed by atoms with Gasteiger partial charge in [0, 0.05) is 29.3 Å². The number of nitrogens with one attached hydrogen (secondary N) is 1. The molecule has 0 unspecified atom stereocenters. The van der Waals surface area contributed by atoms with Gasteiger partial charge in [-0.3, -0.25) is 0 Å². The molecule has 0 saturated carbocycles. The number of anilines is 4. The molecule has 0 fully saturated rings. The van der Waals surface area contributed by atoms with Gasteiger partial charge in [0.15, 0.2) is 0 Å². The molecule has 0 saturated heterocycles. The maximum atomic E-state index is 8.50. The fourth-order valence-corrected chi connectivity index (χ4v) is 1.41. The van der Waals surface area contributed by atoms with Crippen LogP contribution < -0.4 is 22.5 Å². The molecular weight excluding hydrogens is 240 g/mol. The Balaban J connectivity index is 0.000000200. The van der Waals surface area contributed by atoms with Crippen molar-refractivity contribution in [1.29, 1.82) is 0 Å². The summed E-state index contributed by atoms with van der Waals surface area (Å²) in [5.74, 6) is 0. The predicted octanol–water partition coefficient (Wildman–Crippen LogP) is 1.52. The van der Waals surface area contributed by atoms with Crippen LogP contribution in [0.3, 0.4) is 0 Å². The van der Waals surface area contributed by atoms with Gasteiger partial charge in [-0.2, -0.15) is 0 Å². The number of benzene rings is 2. The zero-order valence-electron chi connectivity index (χ0n) is 10.7. The Morgan fingerprint density at radius 1 is 0.842 bits per heavy atom. The number of rotatable bonds is 3.